The smallest absolute Gasteiger partial charge is 0.316 e. The Hall–Kier alpha value is -0.840. The maximum Gasteiger partial charge on any atom is 0.316 e. The number of carbonyl (C=O) groups is 2. The molecule has 0 spiro atoms. The van der Waals surface area contributed by atoms with Gasteiger partial charge in [0.15, 0.2) is 4.34 Å². The Labute approximate surface area is 141 Å². The highest BCUT2D eigenvalue weighted by Gasteiger charge is 2.18. The molecule has 0 aliphatic carbocycles. The van der Waals surface area contributed by atoms with E-state index in [4.69, 9.17) is 4.74 Å². The molecule has 10 heteroatoms. The van der Waals surface area contributed by atoms with Crippen LogP contribution in [0.15, 0.2) is 4.34 Å². The van der Waals surface area contributed by atoms with E-state index in [1.807, 2.05) is 11.8 Å². The van der Waals surface area contributed by atoms with Crippen LogP contribution in [0.3, 0.4) is 0 Å². The van der Waals surface area contributed by atoms with E-state index in [2.05, 4.69) is 20.8 Å². The van der Waals surface area contributed by atoms with Gasteiger partial charge < -0.3 is 15.4 Å². The van der Waals surface area contributed by atoms with E-state index < -0.39 is 0 Å². The van der Waals surface area contributed by atoms with Crippen molar-refractivity contribution in [2.24, 2.45) is 0 Å². The van der Waals surface area contributed by atoms with Gasteiger partial charge in [-0.25, -0.2) is 0 Å². The molecule has 122 valence electrons. The number of carbonyl (C=O) groups excluding carboxylic acids is 2. The molecular weight excluding hydrogens is 344 g/mol. The number of anilines is 1. The van der Waals surface area contributed by atoms with Gasteiger partial charge in [-0.3, -0.25) is 9.59 Å². The van der Waals surface area contributed by atoms with Crippen LogP contribution in [0.25, 0.3) is 0 Å². The molecular formula is C12H18N4O3S3. The summed E-state index contributed by atoms with van der Waals surface area (Å²) in [6, 6.07) is 0.212. The number of aromatic nitrogens is 2. The second-order valence-electron chi connectivity index (χ2n) is 4.45. The highest BCUT2D eigenvalue weighted by molar-refractivity contribution is 8.01. The zero-order valence-electron chi connectivity index (χ0n) is 12.2. The fraction of sp³-hybridized carbons (Fsp3) is 0.667. The van der Waals surface area contributed by atoms with E-state index in [0.29, 0.717) is 22.5 Å². The summed E-state index contributed by atoms with van der Waals surface area (Å²) in [5, 5.41) is 14.4. The van der Waals surface area contributed by atoms with Crippen LogP contribution in [0, 0.1) is 0 Å². The molecule has 1 unspecified atom stereocenters. The van der Waals surface area contributed by atoms with E-state index in [1.54, 1.807) is 6.92 Å². The Balaban J connectivity index is 1.73. The van der Waals surface area contributed by atoms with Gasteiger partial charge in [0.25, 0.3) is 0 Å². The van der Waals surface area contributed by atoms with Gasteiger partial charge in [-0.1, -0.05) is 23.1 Å². The molecule has 2 heterocycles. The van der Waals surface area contributed by atoms with Crippen LogP contribution in [0.4, 0.5) is 5.13 Å². The molecule has 1 fully saturated rings. The van der Waals surface area contributed by atoms with Crippen molar-refractivity contribution in [3.63, 3.8) is 0 Å². The predicted molar refractivity (Wildman–Crippen MR) is 89.6 cm³/mol. The molecule has 0 saturated carbocycles. The number of nitrogens with zero attached hydrogens (tertiary/aromatic N) is 2. The Kier molecular flexibility index (Phi) is 7.43. The summed E-state index contributed by atoms with van der Waals surface area (Å²) in [4.78, 5) is 23.2. The van der Waals surface area contributed by atoms with Gasteiger partial charge in [0.05, 0.1) is 12.4 Å². The minimum Gasteiger partial charge on any atom is -0.465 e. The van der Waals surface area contributed by atoms with Crippen molar-refractivity contribution in [3.05, 3.63) is 0 Å². The van der Waals surface area contributed by atoms with Gasteiger partial charge in [-0.05, 0) is 6.92 Å². The standard InChI is InChI=1S/C12H18N4O3S3/c1-2-19-10(18)7-21-12-16-15-11(22-12)14-9(17)5-8-6-20-4-3-13-8/h8,13H,2-7H2,1H3,(H,14,15,17). The average Bonchev–Trinajstić information content (AvgIpc) is 2.94. The van der Waals surface area contributed by atoms with Crippen molar-refractivity contribution in [2.75, 3.05) is 35.7 Å². The van der Waals surface area contributed by atoms with E-state index in [9.17, 15) is 9.59 Å². The molecule has 1 atom stereocenters. The third-order valence-corrected chi connectivity index (χ3v) is 5.78. The van der Waals surface area contributed by atoms with Crippen LogP contribution in [-0.2, 0) is 14.3 Å². The lowest BCUT2D eigenvalue weighted by Crippen LogP contribution is -2.39. The highest BCUT2D eigenvalue weighted by Crippen LogP contribution is 2.25. The average molecular weight is 363 g/mol. The van der Waals surface area contributed by atoms with Gasteiger partial charge >= 0.3 is 5.97 Å². The summed E-state index contributed by atoms with van der Waals surface area (Å²) in [6.07, 6.45) is 0.428. The van der Waals surface area contributed by atoms with Crippen LogP contribution < -0.4 is 10.6 Å². The first-order chi connectivity index (χ1) is 10.7. The van der Waals surface area contributed by atoms with E-state index in [0.717, 1.165) is 18.1 Å². The maximum absolute atomic E-state index is 11.9. The number of hydrogen-bond donors (Lipinski definition) is 2. The van der Waals surface area contributed by atoms with Crippen molar-refractivity contribution in [3.8, 4) is 0 Å². The number of ether oxygens (including phenoxy) is 1. The number of esters is 1. The molecule has 1 aliphatic rings. The summed E-state index contributed by atoms with van der Waals surface area (Å²) in [6.45, 7) is 3.07. The fourth-order valence-corrected chi connectivity index (χ4v) is 4.30. The summed E-state index contributed by atoms with van der Waals surface area (Å²) < 4.78 is 5.47. The van der Waals surface area contributed by atoms with Crippen LogP contribution in [0.5, 0.6) is 0 Å². The Bertz CT molecular complexity index is 506. The largest absolute Gasteiger partial charge is 0.465 e. The van der Waals surface area contributed by atoms with Crippen molar-refractivity contribution in [1.29, 1.82) is 0 Å². The van der Waals surface area contributed by atoms with Crippen molar-refractivity contribution >= 4 is 51.9 Å². The SMILES string of the molecule is CCOC(=O)CSc1nnc(NC(=O)CC2CSCCN2)s1. The van der Waals surface area contributed by atoms with Crippen molar-refractivity contribution in [1.82, 2.24) is 15.5 Å². The zero-order chi connectivity index (χ0) is 15.8. The molecule has 1 aliphatic heterocycles. The topological polar surface area (TPSA) is 93.2 Å². The van der Waals surface area contributed by atoms with Crippen LogP contribution in [0.2, 0.25) is 0 Å². The Morgan fingerprint density at radius 1 is 1.50 bits per heavy atom. The highest BCUT2D eigenvalue weighted by atomic mass is 32.2. The molecule has 22 heavy (non-hydrogen) atoms. The molecule has 0 radical (unpaired) electrons. The molecule has 0 aromatic carbocycles. The van der Waals surface area contributed by atoms with Gasteiger partial charge in [-0.2, -0.15) is 11.8 Å². The summed E-state index contributed by atoms with van der Waals surface area (Å²) in [5.74, 6) is 1.88. The summed E-state index contributed by atoms with van der Waals surface area (Å²) in [7, 11) is 0. The van der Waals surface area contributed by atoms with Gasteiger partial charge in [0.1, 0.15) is 0 Å². The molecule has 7 nitrogen and oxygen atoms in total. The van der Waals surface area contributed by atoms with Crippen molar-refractivity contribution in [2.45, 2.75) is 23.7 Å². The zero-order valence-corrected chi connectivity index (χ0v) is 14.6. The minimum atomic E-state index is -0.283. The van der Waals surface area contributed by atoms with E-state index >= 15 is 0 Å². The first kappa shape index (κ1) is 17.5. The summed E-state index contributed by atoms with van der Waals surface area (Å²) in [5.41, 5.74) is 0. The molecule has 2 rings (SSSR count). The lowest BCUT2D eigenvalue weighted by atomic mass is 10.2. The lowest BCUT2D eigenvalue weighted by Gasteiger charge is -2.22. The third kappa shape index (κ3) is 6.11. The van der Waals surface area contributed by atoms with Gasteiger partial charge in [-0.15, -0.1) is 10.2 Å². The number of nitrogens with one attached hydrogen (secondary N) is 2. The van der Waals surface area contributed by atoms with Gasteiger partial charge in [0.2, 0.25) is 11.0 Å². The number of thioether (sulfide) groups is 2. The predicted octanol–water partition coefficient (Wildman–Crippen LogP) is 1.23. The second kappa shape index (κ2) is 9.33. The first-order valence-electron chi connectivity index (χ1n) is 6.90. The fourth-order valence-electron chi connectivity index (χ4n) is 1.79. The molecule has 2 N–H and O–H groups in total. The third-order valence-electron chi connectivity index (χ3n) is 2.70. The normalized spacial score (nSPS) is 18.0. The molecule has 1 aromatic rings. The monoisotopic (exact) mass is 362 g/mol. The number of amides is 1. The molecule has 0 bridgehead atoms. The maximum atomic E-state index is 11.9. The second-order valence-corrected chi connectivity index (χ2v) is 7.79. The summed E-state index contributed by atoms with van der Waals surface area (Å²) >= 11 is 4.37. The minimum absolute atomic E-state index is 0.0712. The quantitative estimate of drug-likeness (QED) is 0.425. The number of hydrogen-bond acceptors (Lipinski definition) is 9. The molecule has 1 saturated heterocycles. The van der Waals surface area contributed by atoms with Gasteiger partial charge in [0, 0.05) is 30.5 Å². The molecule has 1 aromatic heterocycles. The number of rotatable bonds is 7. The van der Waals surface area contributed by atoms with Crippen LogP contribution in [0.1, 0.15) is 13.3 Å². The first-order valence-corrected chi connectivity index (χ1v) is 9.86. The van der Waals surface area contributed by atoms with Crippen molar-refractivity contribution < 1.29 is 14.3 Å². The van der Waals surface area contributed by atoms with Crippen LogP contribution in [-0.4, -0.2) is 58.5 Å². The van der Waals surface area contributed by atoms with Crippen LogP contribution >= 0.6 is 34.9 Å². The van der Waals surface area contributed by atoms with E-state index in [1.165, 1.54) is 23.1 Å². The lowest BCUT2D eigenvalue weighted by molar-refractivity contribution is -0.139. The molecule has 1 amide bonds. The Morgan fingerprint density at radius 3 is 3.09 bits per heavy atom. The Morgan fingerprint density at radius 2 is 2.36 bits per heavy atom. The van der Waals surface area contributed by atoms with E-state index in [-0.39, 0.29) is 23.7 Å².